The third kappa shape index (κ3) is 4.30. The number of halogens is 1. The molecule has 0 amide bonds. The lowest BCUT2D eigenvalue weighted by atomic mass is 9.75. The van der Waals surface area contributed by atoms with E-state index in [9.17, 15) is 9.82 Å². The van der Waals surface area contributed by atoms with Gasteiger partial charge in [0.05, 0.1) is 29.0 Å². The lowest BCUT2D eigenvalue weighted by Gasteiger charge is -2.21. The molecule has 0 unspecified atom stereocenters. The van der Waals surface area contributed by atoms with E-state index < -0.39 is 7.12 Å². The van der Waals surface area contributed by atoms with Gasteiger partial charge in [0.2, 0.25) is 0 Å². The van der Waals surface area contributed by atoms with Crippen LogP contribution in [0, 0.1) is 13.8 Å². The first-order valence-electron chi connectivity index (χ1n) is 12.3. The number of fused-ring (bicyclic) bond motifs is 2. The minimum atomic E-state index is -1.10. The van der Waals surface area contributed by atoms with Crippen molar-refractivity contribution in [2.24, 2.45) is 5.16 Å². The largest absolute Gasteiger partial charge is 0.583 e. The molecule has 7 nitrogen and oxygen atoms in total. The minimum absolute atomic E-state index is 0.0380. The lowest BCUT2D eigenvalue weighted by Crippen LogP contribution is -2.37. The van der Waals surface area contributed by atoms with Crippen LogP contribution < -0.4 is 16.2 Å². The van der Waals surface area contributed by atoms with Crippen LogP contribution >= 0.6 is 11.6 Å². The predicted octanol–water partition coefficient (Wildman–Crippen LogP) is 5.23. The van der Waals surface area contributed by atoms with Crippen LogP contribution in [0.5, 0.6) is 0 Å². The summed E-state index contributed by atoms with van der Waals surface area (Å²) in [5.74, 6) is 1.14. The normalized spacial score (nSPS) is 15.4. The van der Waals surface area contributed by atoms with E-state index in [1.165, 1.54) is 0 Å². The quantitative estimate of drug-likeness (QED) is 0.280. The summed E-state index contributed by atoms with van der Waals surface area (Å²) >= 11 is 6.30. The Balaban J connectivity index is 1.43. The number of aromatic nitrogens is 1. The van der Waals surface area contributed by atoms with Gasteiger partial charge in [-0.25, -0.2) is 4.98 Å². The standard InChI is InChI=1S/C28H25BClN3O4/c1-14-10-20(28-21(11-14)26(34)15(2)27(36-28)17-4-5-17)16(3)32-23-8-9-24(30)33-25(23)18-6-7-22-19(12-18)13-31-37-29(22)35/h6-13,16-17,32,35H,4-5H2,1-3H3/t16-/m0/s1. The molecule has 1 atom stereocenters. The lowest BCUT2D eigenvalue weighted by molar-refractivity contribution is 0.286. The van der Waals surface area contributed by atoms with Gasteiger partial charge in [-0.3, -0.25) is 4.79 Å². The summed E-state index contributed by atoms with van der Waals surface area (Å²) in [4.78, 5) is 17.8. The topological polar surface area (TPSA) is 97.0 Å². The molecule has 0 spiro atoms. The maximum atomic E-state index is 13.2. The number of oxime groups is 1. The van der Waals surface area contributed by atoms with Crippen molar-refractivity contribution in [3.8, 4) is 11.3 Å². The number of hydrogen-bond acceptors (Lipinski definition) is 7. The second kappa shape index (κ2) is 9.05. The summed E-state index contributed by atoms with van der Waals surface area (Å²) in [6, 6.07) is 13.0. The van der Waals surface area contributed by atoms with Crippen LogP contribution in [0.1, 0.15) is 59.7 Å². The molecule has 0 saturated heterocycles. The van der Waals surface area contributed by atoms with Crippen molar-refractivity contribution < 1.29 is 14.2 Å². The van der Waals surface area contributed by atoms with Crippen molar-refractivity contribution in [2.45, 2.75) is 45.6 Å². The molecule has 4 aromatic rings. The van der Waals surface area contributed by atoms with Gasteiger partial charge >= 0.3 is 7.12 Å². The van der Waals surface area contributed by atoms with Gasteiger partial charge in [-0.15, -0.1) is 5.16 Å². The zero-order valence-electron chi connectivity index (χ0n) is 20.7. The number of benzene rings is 2. The number of aryl methyl sites for hydroxylation is 1. The second-order valence-corrected chi connectivity index (χ2v) is 10.2. The Morgan fingerprint density at radius 1 is 1.16 bits per heavy atom. The van der Waals surface area contributed by atoms with Crippen LogP contribution in [-0.4, -0.2) is 23.3 Å². The van der Waals surface area contributed by atoms with Gasteiger partial charge in [0.25, 0.3) is 0 Å². The average Bonchev–Trinajstić information content (AvgIpc) is 3.72. The first kappa shape index (κ1) is 23.8. The molecule has 2 N–H and O–H groups in total. The predicted molar refractivity (Wildman–Crippen MR) is 147 cm³/mol. The molecule has 2 aromatic carbocycles. The summed E-state index contributed by atoms with van der Waals surface area (Å²) in [5, 5.41) is 18.4. The third-order valence-electron chi connectivity index (χ3n) is 7.06. The molecule has 1 fully saturated rings. The van der Waals surface area contributed by atoms with Gasteiger partial charge < -0.3 is 19.5 Å². The molecule has 2 aromatic heterocycles. The Morgan fingerprint density at radius 3 is 2.76 bits per heavy atom. The van der Waals surface area contributed by atoms with Crippen molar-refractivity contribution in [3.63, 3.8) is 0 Å². The number of anilines is 1. The Morgan fingerprint density at radius 2 is 1.97 bits per heavy atom. The molecule has 9 heteroatoms. The maximum absolute atomic E-state index is 13.2. The number of nitrogens with zero attached hydrogens (tertiary/aromatic N) is 2. The fraction of sp³-hybridized carbons (Fsp3) is 0.250. The van der Waals surface area contributed by atoms with E-state index in [2.05, 4.69) is 21.5 Å². The molecule has 186 valence electrons. The average molecular weight is 514 g/mol. The summed E-state index contributed by atoms with van der Waals surface area (Å²) in [5.41, 5.74) is 6.89. The van der Waals surface area contributed by atoms with Crippen molar-refractivity contribution in [1.29, 1.82) is 0 Å². The first-order valence-corrected chi connectivity index (χ1v) is 12.7. The van der Waals surface area contributed by atoms with E-state index >= 15 is 0 Å². The Kier molecular flexibility index (Phi) is 5.81. The summed E-state index contributed by atoms with van der Waals surface area (Å²) in [7, 11) is -1.10. The Bertz CT molecular complexity index is 1650. The van der Waals surface area contributed by atoms with Crippen molar-refractivity contribution in [1.82, 2.24) is 4.98 Å². The first-order chi connectivity index (χ1) is 17.8. The fourth-order valence-electron chi connectivity index (χ4n) is 4.98. The van der Waals surface area contributed by atoms with E-state index in [0.717, 1.165) is 46.5 Å². The Hall–Kier alpha value is -3.62. The van der Waals surface area contributed by atoms with E-state index in [4.69, 9.17) is 20.8 Å². The fourth-order valence-corrected chi connectivity index (χ4v) is 5.13. The number of hydrogen-bond donors (Lipinski definition) is 2. The van der Waals surface area contributed by atoms with Crippen LogP contribution in [0.3, 0.4) is 0 Å². The number of nitrogens with one attached hydrogen (secondary N) is 1. The zero-order valence-corrected chi connectivity index (χ0v) is 21.5. The SMILES string of the molecule is Cc1cc([C@H](C)Nc2ccc(Cl)nc2-c2ccc3c(c2)C=NOB3O)c2oc(C3CC3)c(C)c(=O)c2c1. The highest BCUT2D eigenvalue weighted by Crippen LogP contribution is 2.42. The van der Waals surface area contributed by atoms with Gasteiger partial charge in [-0.05, 0) is 69.0 Å². The van der Waals surface area contributed by atoms with Gasteiger partial charge in [0, 0.05) is 28.1 Å². The van der Waals surface area contributed by atoms with Crippen LogP contribution in [0.2, 0.25) is 5.15 Å². The number of pyridine rings is 1. The third-order valence-corrected chi connectivity index (χ3v) is 7.27. The molecule has 0 bridgehead atoms. The van der Waals surface area contributed by atoms with Crippen molar-refractivity contribution >= 4 is 47.1 Å². The van der Waals surface area contributed by atoms with Gasteiger partial charge in [0.1, 0.15) is 16.5 Å². The summed E-state index contributed by atoms with van der Waals surface area (Å²) in [6.45, 7) is 5.89. The molecule has 6 rings (SSSR count). The summed E-state index contributed by atoms with van der Waals surface area (Å²) in [6.07, 6.45) is 3.67. The van der Waals surface area contributed by atoms with Crippen molar-refractivity contribution in [2.75, 3.05) is 5.32 Å². The van der Waals surface area contributed by atoms with E-state index in [1.54, 1.807) is 18.3 Å². The van der Waals surface area contributed by atoms with Crippen molar-refractivity contribution in [3.05, 3.63) is 85.9 Å². The summed E-state index contributed by atoms with van der Waals surface area (Å²) < 4.78 is 11.3. The molecule has 2 aliphatic rings. The molecule has 0 radical (unpaired) electrons. The van der Waals surface area contributed by atoms with E-state index in [0.29, 0.717) is 38.8 Å². The van der Waals surface area contributed by atoms with Crippen LogP contribution in [-0.2, 0) is 4.76 Å². The number of rotatable bonds is 5. The molecular formula is C28H25BClN3O4. The van der Waals surface area contributed by atoms with Crippen LogP contribution in [0.15, 0.2) is 56.8 Å². The molecular weight excluding hydrogens is 489 g/mol. The van der Waals surface area contributed by atoms with E-state index in [-0.39, 0.29) is 11.5 Å². The van der Waals surface area contributed by atoms with Gasteiger partial charge in [-0.1, -0.05) is 29.8 Å². The molecule has 1 aliphatic carbocycles. The van der Waals surface area contributed by atoms with Crippen LogP contribution in [0.4, 0.5) is 5.69 Å². The highest BCUT2D eigenvalue weighted by Gasteiger charge is 2.30. The molecule has 3 heterocycles. The molecule has 37 heavy (non-hydrogen) atoms. The smallest absolute Gasteiger partial charge is 0.460 e. The van der Waals surface area contributed by atoms with Gasteiger partial charge in [0.15, 0.2) is 5.43 Å². The Labute approximate surface area is 219 Å². The monoisotopic (exact) mass is 513 g/mol. The molecule has 1 aliphatic heterocycles. The minimum Gasteiger partial charge on any atom is -0.460 e. The van der Waals surface area contributed by atoms with E-state index in [1.807, 2.05) is 45.0 Å². The second-order valence-electron chi connectivity index (χ2n) is 9.86. The zero-order chi connectivity index (χ0) is 25.8. The maximum Gasteiger partial charge on any atom is 0.583 e. The highest BCUT2D eigenvalue weighted by molar-refractivity contribution is 6.62. The van der Waals surface area contributed by atoms with Gasteiger partial charge in [-0.2, -0.15) is 0 Å². The highest BCUT2D eigenvalue weighted by atomic mass is 35.5. The van der Waals surface area contributed by atoms with Crippen LogP contribution in [0.25, 0.3) is 22.2 Å². The molecule has 1 saturated carbocycles.